The molecule has 0 aliphatic carbocycles. The maximum Gasteiger partial charge on any atom is 0.234 e. The summed E-state index contributed by atoms with van der Waals surface area (Å²) in [5.74, 6) is 1.12. The highest BCUT2D eigenvalue weighted by Crippen LogP contribution is 2.29. The summed E-state index contributed by atoms with van der Waals surface area (Å²) in [6.45, 7) is 12.0. The minimum atomic E-state index is -0.0404. The van der Waals surface area contributed by atoms with Gasteiger partial charge in [-0.1, -0.05) is 30.0 Å². The number of hydrogen-bond donors (Lipinski definition) is 1. The number of piperazine rings is 1. The standard InChI is InChI=1S/C26H31N5OS/c1-18-14-19(2)16-22(15-18)29-24(32)17-33-26-25(27-8-9-28-26)31-12-10-30(11-13-31)23-7-5-6-20(3)21(23)4/h5-9,14-16H,10-13,17H2,1-4H3,(H,29,32). The average molecular weight is 462 g/mol. The van der Waals surface area contributed by atoms with Crippen LogP contribution in [0.4, 0.5) is 17.2 Å². The van der Waals surface area contributed by atoms with E-state index in [9.17, 15) is 4.79 Å². The molecular weight excluding hydrogens is 430 g/mol. The van der Waals surface area contributed by atoms with Gasteiger partial charge < -0.3 is 15.1 Å². The van der Waals surface area contributed by atoms with Crippen molar-refractivity contribution in [1.82, 2.24) is 9.97 Å². The first-order valence-electron chi connectivity index (χ1n) is 11.3. The minimum Gasteiger partial charge on any atom is -0.368 e. The molecule has 0 saturated carbocycles. The minimum absolute atomic E-state index is 0.0404. The zero-order valence-corrected chi connectivity index (χ0v) is 20.6. The van der Waals surface area contributed by atoms with Gasteiger partial charge in [0.05, 0.1) is 5.75 Å². The number of carbonyl (C=O) groups excluding carboxylic acids is 1. The number of anilines is 3. The number of hydrogen-bond acceptors (Lipinski definition) is 6. The normalized spacial score (nSPS) is 13.8. The summed E-state index contributed by atoms with van der Waals surface area (Å²) in [5.41, 5.74) is 7.08. The predicted molar refractivity (Wildman–Crippen MR) is 138 cm³/mol. The molecule has 1 N–H and O–H groups in total. The van der Waals surface area contributed by atoms with Crippen molar-refractivity contribution < 1.29 is 4.79 Å². The van der Waals surface area contributed by atoms with Crippen LogP contribution in [0.25, 0.3) is 0 Å². The molecule has 4 rings (SSSR count). The van der Waals surface area contributed by atoms with Crippen LogP contribution in [0.15, 0.2) is 53.8 Å². The molecular formula is C26H31N5OS. The van der Waals surface area contributed by atoms with Crippen molar-refractivity contribution in [2.45, 2.75) is 32.7 Å². The van der Waals surface area contributed by atoms with Gasteiger partial charge in [0, 0.05) is 49.9 Å². The van der Waals surface area contributed by atoms with Crippen LogP contribution in [0.3, 0.4) is 0 Å². The highest BCUT2D eigenvalue weighted by molar-refractivity contribution is 8.00. The number of carbonyl (C=O) groups is 1. The largest absolute Gasteiger partial charge is 0.368 e. The monoisotopic (exact) mass is 461 g/mol. The van der Waals surface area contributed by atoms with Gasteiger partial charge >= 0.3 is 0 Å². The van der Waals surface area contributed by atoms with Crippen LogP contribution >= 0.6 is 11.8 Å². The number of nitrogens with one attached hydrogen (secondary N) is 1. The number of benzene rings is 2. The molecule has 172 valence electrons. The lowest BCUT2D eigenvalue weighted by molar-refractivity contribution is -0.113. The SMILES string of the molecule is Cc1cc(C)cc(NC(=O)CSc2nccnc2N2CCN(c3cccc(C)c3C)CC2)c1. The van der Waals surface area contributed by atoms with Gasteiger partial charge in [0.1, 0.15) is 5.03 Å². The van der Waals surface area contributed by atoms with E-state index in [2.05, 4.69) is 63.2 Å². The average Bonchev–Trinajstić information content (AvgIpc) is 2.79. The first-order chi connectivity index (χ1) is 15.9. The molecule has 6 nitrogen and oxygen atoms in total. The van der Waals surface area contributed by atoms with Crippen molar-refractivity contribution in [2.75, 3.05) is 47.0 Å². The van der Waals surface area contributed by atoms with Crippen molar-refractivity contribution in [1.29, 1.82) is 0 Å². The first kappa shape index (κ1) is 23.1. The van der Waals surface area contributed by atoms with E-state index in [4.69, 9.17) is 0 Å². The van der Waals surface area contributed by atoms with E-state index in [1.807, 2.05) is 26.0 Å². The topological polar surface area (TPSA) is 61.4 Å². The molecule has 0 bridgehead atoms. The van der Waals surface area contributed by atoms with Crippen LogP contribution in [0.1, 0.15) is 22.3 Å². The molecule has 1 fully saturated rings. The summed E-state index contributed by atoms with van der Waals surface area (Å²) in [6.07, 6.45) is 3.42. The molecule has 2 aromatic carbocycles. The van der Waals surface area contributed by atoms with E-state index in [-0.39, 0.29) is 5.91 Å². The smallest absolute Gasteiger partial charge is 0.234 e. The Morgan fingerprint density at radius 1 is 0.939 bits per heavy atom. The summed E-state index contributed by atoms with van der Waals surface area (Å²) in [7, 11) is 0. The zero-order chi connectivity index (χ0) is 23.4. The number of thioether (sulfide) groups is 1. The Labute approximate surface area is 200 Å². The highest BCUT2D eigenvalue weighted by Gasteiger charge is 2.22. The summed E-state index contributed by atoms with van der Waals surface area (Å²) < 4.78 is 0. The zero-order valence-electron chi connectivity index (χ0n) is 19.8. The third kappa shape index (κ3) is 5.66. The number of aryl methyl sites for hydroxylation is 3. The van der Waals surface area contributed by atoms with Crippen molar-refractivity contribution >= 4 is 34.9 Å². The van der Waals surface area contributed by atoms with Crippen LogP contribution in [-0.4, -0.2) is 47.8 Å². The summed E-state index contributed by atoms with van der Waals surface area (Å²) in [6, 6.07) is 12.6. The van der Waals surface area contributed by atoms with Crippen molar-refractivity contribution in [3.8, 4) is 0 Å². The van der Waals surface area contributed by atoms with E-state index in [1.54, 1.807) is 12.4 Å². The van der Waals surface area contributed by atoms with E-state index < -0.39 is 0 Å². The Hall–Kier alpha value is -3.06. The molecule has 1 saturated heterocycles. The molecule has 1 aromatic heterocycles. The maximum atomic E-state index is 12.6. The lowest BCUT2D eigenvalue weighted by Gasteiger charge is -2.37. The van der Waals surface area contributed by atoms with Gasteiger partial charge in [0.2, 0.25) is 5.91 Å². The van der Waals surface area contributed by atoms with Gasteiger partial charge in [0.25, 0.3) is 0 Å². The van der Waals surface area contributed by atoms with Gasteiger partial charge in [0.15, 0.2) is 5.82 Å². The van der Waals surface area contributed by atoms with Crippen LogP contribution in [0.2, 0.25) is 0 Å². The quantitative estimate of drug-likeness (QED) is 0.534. The third-order valence-corrected chi connectivity index (χ3v) is 6.96. The lowest BCUT2D eigenvalue weighted by atomic mass is 10.1. The Bertz CT molecular complexity index is 1120. The first-order valence-corrected chi connectivity index (χ1v) is 12.3. The van der Waals surface area contributed by atoms with Gasteiger partial charge in [-0.3, -0.25) is 4.79 Å². The maximum absolute atomic E-state index is 12.6. The van der Waals surface area contributed by atoms with E-state index in [0.29, 0.717) is 5.75 Å². The van der Waals surface area contributed by atoms with Crippen LogP contribution < -0.4 is 15.1 Å². The number of aromatic nitrogens is 2. The Morgan fingerprint density at radius 3 is 2.33 bits per heavy atom. The van der Waals surface area contributed by atoms with Gasteiger partial charge in [-0.15, -0.1) is 0 Å². The van der Waals surface area contributed by atoms with Crippen molar-refractivity contribution in [3.05, 3.63) is 71.0 Å². The van der Waals surface area contributed by atoms with E-state index >= 15 is 0 Å². The lowest BCUT2D eigenvalue weighted by Crippen LogP contribution is -2.47. The summed E-state index contributed by atoms with van der Waals surface area (Å²) >= 11 is 1.44. The molecule has 33 heavy (non-hydrogen) atoms. The Morgan fingerprint density at radius 2 is 1.61 bits per heavy atom. The Kier molecular flexibility index (Phi) is 7.18. The second kappa shape index (κ2) is 10.3. The molecule has 1 aliphatic heterocycles. The molecule has 0 unspecified atom stereocenters. The van der Waals surface area contributed by atoms with Crippen LogP contribution in [-0.2, 0) is 4.79 Å². The second-order valence-electron chi connectivity index (χ2n) is 8.59. The molecule has 2 heterocycles. The van der Waals surface area contributed by atoms with Crippen LogP contribution in [0.5, 0.6) is 0 Å². The summed E-state index contributed by atoms with van der Waals surface area (Å²) in [4.78, 5) is 26.4. The number of amides is 1. The van der Waals surface area contributed by atoms with Crippen molar-refractivity contribution in [3.63, 3.8) is 0 Å². The number of nitrogens with zero attached hydrogens (tertiary/aromatic N) is 4. The van der Waals surface area contributed by atoms with E-state index in [1.165, 1.54) is 28.6 Å². The fourth-order valence-electron chi connectivity index (χ4n) is 4.25. The molecule has 1 aliphatic rings. The Balaban J connectivity index is 1.38. The molecule has 0 radical (unpaired) electrons. The van der Waals surface area contributed by atoms with Crippen LogP contribution in [0, 0.1) is 27.7 Å². The van der Waals surface area contributed by atoms with Gasteiger partial charge in [-0.05, 0) is 68.1 Å². The molecule has 1 amide bonds. The van der Waals surface area contributed by atoms with Gasteiger partial charge in [-0.25, -0.2) is 9.97 Å². The van der Waals surface area contributed by atoms with Crippen molar-refractivity contribution in [2.24, 2.45) is 0 Å². The molecule has 0 atom stereocenters. The highest BCUT2D eigenvalue weighted by atomic mass is 32.2. The fraction of sp³-hybridized carbons (Fsp3) is 0.346. The third-order valence-electron chi connectivity index (χ3n) is 5.99. The second-order valence-corrected chi connectivity index (χ2v) is 9.56. The predicted octanol–water partition coefficient (Wildman–Crippen LogP) is 4.77. The van der Waals surface area contributed by atoms with E-state index in [0.717, 1.165) is 53.8 Å². The molecule has 3 aromatic rings. The summed E-state index contributed by atoms with van der Waals surface area (Å²) in [5, 5.41) is 3.80. The van der Waals surface area contributed by atoms with Gasteiger partial charge in [-0.2, -0.15) is 0 Å². The number of rotatable bonds is 6. The molecule has 7 heteroatoms. The fourth-order valence-corrected chi connectivity index (χ4v) is 5.04. The molecule has 0 spiro atoms.